The number of benzene rings is 1. The van der Waals surface area contributed by atoms with Crippen LogP contribution >= 0.6 is 0 Å². The Hall–Kier alpha value is -1.02. The summed E-state index contributed by atoms with van der Waals surface area (Å²) in [6, 6.07) is 7.97. The van der Waals surface area contributed by atoms with Crippen LogP contribution in [0.15, 0.2) is 24.3 Å². The molecule has 0 spiro atoms. The van der Waals surface area contributed by atoms with E-state index in [0.29, 0.717) is 11.8 Å². The zero-order chi connectivity index (χ0) is 14.8. The van der Waals surface area contributed by atoms with Gasteiger partial charge in [-0.05, 0) is 43.0 Å². The number of phenolic OH excluding ortho intramolecular Hbond substituents is 1. The van der Waals surface area contributed by atoms with Gasteiger partial charge in [-0.15, -0.1) is 0 Å². The van der Waals surface area contributed by atoms with Gasteiger partial charge in [-0.1, -0.05) is 58.6 Å². The maximum Gasteiger partial charge on any atom is 0.115 e. The van der Waals surface area contributed by atoms with Crippen molar-refractivity contribution in [2.75, 3.05) is 6.54 Å². The van der Waals surface area contributed by atoms with Crippen LogP contribution in [0.1, 0.15) is 70.9 Å². The van der Waals surface area contributed by atoms with Gasteiger partial charge in [0.05, 0.1) is 0 Å². The Kier molecular flexibility index (Phi) is 8.36. The van der Waals surface area contributed by atoms with Crippen LogP contribution in [0.4, 0.5) is 0 Å². The molecule has 2 nitrogen and oxygen atoms in total. The van der Waals surface area contributed by atoms with Gasteiger partial charge in [0.25, 0.3) is 0 Å². The van der Waals surface area contributed by atoms with Crippen LogP contribution in [0.5, 0.6) is 5.75 Å². The summed E-state index contributed by atoms with van der Waals surface area (Å²) in [5.41, 5.74) is 1.27. The Morgan fingerprint density at radius 3 is 2.25 bits per heavy atom. The molecule has 0 aliphatic rings. The summed E-state index contributed by atoms with van der Waals surface area (Å²) in [6.07, 6.45) is 7.75. The summed E-state index contributed by atoms with van der Waals surface area (Å²) >= 11 is 0. The van der Waals surface area contributed by atoms with Gasteiger partial charge in [0.15, 0.2) is 0 Å². The molecule has 0 aliphatic heterocycles. The van der Waals surface area contributed by atoms with Gasteiger partial charge in [-0.2, -0.15) is 0 Å². The minimum absolute atomic E-state index is 0.341. The third-order valence-corrected chi connectivity index (χ3v) is 3.80. The largest absolute Gasteiger partial charge is 0.508 e. The van der Waals surface area contributed by atoms with Crippen LogP contribution in [0.2, 0.25) is 0 Å². The van der Waals surface area contributed by atoms with Gasteiger partial charge in [-0.3, -0.25) is 0 Å². The molecule has 0 fully saturated rings. The van der Waals surface area contributed by atoms with Crippen molar-refractivity contribution >= 4 is 0 Å². The molecule has 0 aliphatic carbocycles. The Morgan fingerprint density at radius 2 is 1.65 bits per heavy atom. The van der Waals surface area contributed by atoms with E-state index < -0.39 is 0 Å². The van der Waals surface area contributed by atoms with Crippen molar-refractivity contribution < 1.29 is 5.11 Å². The molecule has 1 aromatic carbocycles. The highest BCUT2D eigenvalue weighted by atomic mass is 16.3. The molecule has 0 aromatic heterocycles. The first-order chi connectivity index (χ1) is 9.63. The molecule has 0 saturated carbocycles. The summed E-state index contributed by atoms with van der Waals surface area (Å²) in [6.45, 7) is 7.88. The summed E-state index contributed by atoms with van der Waals surface area (Å²) in [7, 11) is 0. The normalized spacial score (nSPS) is 12.8. The number of aromatic hydroxyl groups is 1. The second-order valence-electron chi connectivity index (χ2n) is 6.10. The smallest absolute Gasteiger partial charge is 0.115 e. The summed E-state index contributed by atoms with van der Waals surface area (Å²) < 4.78 is 0. The number of phenols is 1. The molecule has 20 heavy (non-hydrogen) atoms. The Labute approximate surface area is 124 Å². The average Bonchev–Trinajstić information content (AvgIpc) is 2.43. The van der Waals surface area contributed by atoms with Crippen molar-refractivity contribution in [1.29, 1.82) is 0 Å². The number of nitrogens with one attached hydrogen (secondary N) is 1. The van der Waals surface area contributed by atoms with Gasteiger partial charge in [0.2, 0.25) is 0 Å². The Morgan fingerprint density at radius 1 is 1.00 bits per heavy atom. The average molecular weight is 277 g/mol. The van der Waals surface area contributed by atoms with Crippen LogP contribution in [-0.4, -0.2) is 11.7 Å². The zero-order valence-corrected chi connectivity index (χ0v) is 13.4. The molecule has 2 heteroatoms. The van der Waals surface area contributed by atoms with Crippen molar-refractivity contribution in [1.82, 2.24) is 5.32 Å². The summed E-state index contributed by atoms with van der Waals surface area (Å²) in [4.78, 5) is 0. The molecular formula is C18H31NO. The van der Waals surface area contributed by atoms with Crippen molar-refractivity contribution in [2.24, 2.45) is 5.92 Å². The summed E-state index contributed by atoms with van der Waals surface area (Å²) in [5.74, 6) is 1.18. The molecule has 1 aromatic rings. The first-order valence-electron chi connectivity index (χ1n) is 8.15. The van der Waals surface area contributed by atoms with E-state index in [1.54, 1.807) is 12.1 Å². The first-order valence-corrected chi connectivity index (χ1v) is 8.15. The van der Waals surface area contributed by atoms with Crippen molar-refractivity contribution in [3.05, 3.63) is 29.8 Å². The predicted octanol–water partition coefficient (Wildman–Crippen LogP) is 5.04. The van der Waals surface area contributed by atoms with Gasteiger partial charge < -0.3 is 10.4 Å². The zero-order valence-electron chi connectivity index (χ0n) is 13.4. The van der Waals surface area contributed by atoms with E-state index in [4.69, 9.17) is 0 Å². The van der Waals surface area contributed by atoms with E-state index in [9.17, 15) is 5.11 Å². The van der Waals surface area contributed by atoms with Gasteiger partial charge in [0.1, 0.15) is 5.75 Å². The maximum absolute atomic E-state index is 9.33. The van der Waals surface area contributed by atoms with Crippen molar-refractivity contribution in [3.8, 4) is 5.75 Å². The molecular weight excluding hydrogens is 246 g/mol. The van der Waals surface area contributed by atoms with Crippen LogP contribution in [0.3, 0.4) is 0 Å². The molecule has 0 saturated heterocycles. The molecule has 0 amide bonds. The van der Waals surface area contributed by atoms with Crippen LogP contribution in [0, 0.1) is 5.92 Å². The number of hydrogen-bond donors (Lipinski definition) is 2. The van der Waals surface area contributed by atoms with E-state index in [1.165, 1.54) is 37.7 Å². The number of hydrogen-bond acceptors (Lipinski definition) is 2. The molecule has 114 valence electrons. The second kappa shape index (κ2) is 9.82. The molecule has 2 N–H and O–H groups in total. The lowest BCUT2D eigenvalue weighted by Crippen LogP contribution is -2.21. The fourth-order valence-corrected chi connectivity index (χ4v) is 2.51. The molecule has 1 atom stereocenters. The minimum atomic E-state index is 0.341. The van der Waals surface area contributed by atoms with E-state index in [-0.39, 0.29) is 0 Å². The van der Waals surface area contributed by atoms with E-state index in [1.807, 2.05) is 12.1 Å². The van der Waals surface area contributed by atoms with Crippen molar-refractivity contribution in [2.45, 2.75) is 65.3 Å². The standard InChI is InChI=1S/C18H31NO/c1-4-18(16-10-12-17(20)13-11-16)19-14-8-6-5-7-9-15(2)3/h10-13,15,18-20H,4-9,14H2,1-3H3. The highest BCUT2D eigenvalue weighted by Crippen LogP contribution is 2.19. The van der Waals surface area contributed by atoms with Gasteiger partial charge >= 0.3 is 0 Å². The van der Waals surface area contributed by atoms with Gasteiger partial charge in [-0.25, -0.2) is 0 Å². The molecule has 0 bridgehead atoms. The lowest BCUT2D eigenvalue weighted by atomic mass is 10.0. The fourth-order valence-electron chi connectivity index (χ4n) is 2.51. The fraction of sp³-hybridized carbons (Fsp3) is 0.667. The first kappa shape index (κ1) is 17.0. The lowest BCUT2D eigenvalue weighted by Gasteiger charge is -2.17. The number of rotatable bonds is 10. The lowest BCUT2D eigenvalue weighted by molar-refractivity contribution is 0.470. The Balaban J connectivity index is 2.17. The van der Waals surface area contributed by atoms with E-state index >= 15 is 0 Å². The quantitative estimate of drug-likeness (QED) is 0.587. The Bertz CT molecular complexity index is 345. The van der Waals surface area contributed by atoms with E-state index in [2.05, 4.69) is 26.1 Å². The van der Waals surface area contributed by atoms with E-state index in [0.717, 1.165) is 18.9 Å². The highest BCUT2D eigenvalue weighted by molar-refractivity contribution is 5.27. The SMILES string of the molecule is CCC(NCCCCCCC(C)C)c1ccc(O)cc1. The second-order valence-corrected chi connectivity index (χ2v) is 6.10. The third-order valence-electron chi connectivity index (χ3n) is 3.80. The number of unbranched alkanes of at least 4 members (excludes halogenated alkanes) is 3. The monoisotopic (exact) mass is 277 g/mol. The van der Waals surface area contributed by atoms with Gasteiger partial charge in [0, 0.05) is 6.04 Å². The third kappa shape index (κ3) is 6.95. The summed E-state index contributed by atoms with van der Waals surface area (Å²) in [5, 5.41) is 12.9. The predicted molar refractivity (Wildman–Crippen MR) is 87.1 cm³/mol. The van der Waals surface area contributed by atoms with Crippen LogP contribution in [-0.2, 0) is 0 Å². The molecule has 0 heterocycles. The topological polar surface area (TPSA) is 32.3 Å². The molecule has 1 unspecified atom stereocenters. The highest BCUT2D eigenvalue weighted by Gasteiger charge is 2.07. The maximum atomic E-state index is 9.33. The van der Waals surface area contributed by atoms with Crippen LogP contribution < -0.4 is 5.32 Å². The van der Waals surface area contributed by atoms with Crippen molar-refractivity contribution in [3.63, 3.8) is 0 Å². The minimum Gasteiger partial charge on any atom is -0.508 e. The molecule has 0 radical (unpaired) electrons. The molecule has 1 rings (SSSR count). The van der Waals surface area contributed by atoms with Crippen LogP contribution in [0.25, 0.3) is 0 Å².